The summed E-state index contributed by atoms with van der Waals surface area (Å²) in [6.07, 6.45) is 3.17. The van der Waals surface area contributed by atoms with E-state index in [0.717, 1.165) is 22.5 Å². The molecule has 2 N–H and O–H groups in total. The maximum absolute atomic E-state index is 12.0. The highest BCUT2D eigenvalue weighted by Crippen LogP contribution is 2.32. The molecule has 10 heteroatoms. The van der Waals surface area contributed by atoms with Gasteiger partial charge in [-0.15, -0.1) is 22.7 Å². The first-order valence-corrected chi connectivity index (χ1v) is 13.2. The van der Waals surface area contributed by atoms with E-state index in [0.29, 0.717) is 21.4 Å². The van der Waals surface area contributed by atoms with Gasteiger partial charge in [-0.25, -0.2) is 19.6 Å². The highest BCUT2D eigenvalue weighted by atomic mass is 32.1. The average Bonchev–Trinajstić information content (AvgIpc) is 3.56. The molecule has 2 heterocycles. The van der Waals surface area contributed by atoms with Crippen molar-refractivity contribution in [1.29, 1.82) is 0 Å². The van der Waals surface area contributed by atoms with E-state index in [1.165, 1.54) is 22.7 Å². The zero-order valence-corrected chi connectivity index (χ0v) is 22.9. The van der Waals surface area contributed by atoms with Gasteiger partial charge in [0, 0.05) is 50.3 Å². The van der Waals surface area contributed by atoms with Crippen LogP contribution in [0.2, 0.25) is 0 Å². The van der Waals surface area contributed by atoms with Gasteiger partial charge in [0.05, 0.1) is 22.5 Å². The Balaban J connectivity index is 1.61. The molecule has 0 radical (unpaired) electrons. The molecule has 0 aliphatic carbocycles. The lowest BCUT2D eigenvalue weighted by Gasteiger charge is -2.12. The Kier molecular flexibility index (Phi) is 8.04. The maximum Gasteiger partial charge on any atom is 0.337 e. The smallest absolute Gasteiger partial charge is 0.337 e. The number of hydrogen-bond acceptors (Lipinski definition) is 8. The summed E-state index contributed by atoms with van der Waals surface area (Å²) in [5.74, 6) is -2.18. The molecule has 0 aliphatic heterocycles. The van der Waals surface area contributed by atoms with Gasteiger partial charge in [0.2, 0.25) is 0 Å². The second-order valence-electron chi connectivity index (χ2n) is 8.77. The molecule has 0 saturated heterocycles. The minimum Gasteiger partial charge on any atom is -0.478 e. The summed E-state index contributed by atoms with van der Waals surface area (Å²) in [6, 6.07) is 15.1. The van der Waals surface area contributed by atoms with Crippen LogP contribution in [0, 0.1) is 0 Å². The van der Waals surface area contributed by atoms with E-state index in [4.69, 9.17) is 0 Å². The van der Waals surface area contributed by atoms with Crippen molar-refractivity contribution in [3.05, 3.63) is 81.8 Å². The van der Waals surface area contributed by atoms with Gasteiger partial charge in [-0.1, -0.05) is 24.3 Å². The van der Waals surface area contributed by atoms with Crippen LogP contribution in [0.5, 0.6) is 0 Å². The number of hydrogen-bond donors (Lipinski definition) is 2. The average molecular weight is 547 g/mol. The number of thiazole rings is 2. The van der Waals surface area contributed by atoms with Crippen molar-refractivity contribution in [2.75, 3.05) is 38.0 Å². The number of carboxylic acids is 2. The zero-order chi connectivity index (χ0) is 27.4. The Morgan fingerprint density at radius 2 is 1.00 bits per heavy atom. The molecule has 0 amide bonds. The molecule has 0 saturated carbocycles. The third kappa shape index (κ3) is 6.16. The van der Waals surface area contributed by atoms with Crippen LogP contribution in [0.4, 0.5) is 11.4 Å². The molecule has 8 nitrogen and oxygen atoms in total. The van der Waals surface area contributed by atoms with Gasteiger partial charge in [0.25, 0.3) is 0 Å². The van der Waals surface area contributed by atoms with Crippen LogP contribution >= 0.6 is 22.7 Å². The summed E-state index contributed by atoms with van der Waals surface area (Å²) in [7, 11) is 7.75. The van der Waals surface area contributed by atoms with Gasteiger partial charge < -0.3 is 20.0 Å². The molecule has 2 aromatic heterocycles. The first-order chi connectivity index (χ1) is 18.1. The molecule has 0 fully saturated rings. The molecule has 0 unspecified atom stereocenters. The number of nitrogens with zero attached hydrogens (tertiary/aromatic N) is 4. The molecule has 0 bridgehead atoms. The van der Waals surface area contributed by atoms with Gasteiger partial charge in [0.1, 0.15) is 0 Å². The van der Waals surface area contributed by atoms with Gasteiger partial charge in [-0.2, -0.15) is 0 Å². The van der Waals surface area contributed by atoms with E-state index in [1.54, 1.807) is 22.9 Å². The Morgan fingerprint density at radius 3 is 1.29 bits per heavy atom. The predicted octanol–water partition coefficient (Wildman–Crippen LogP) is 5.65. The number of anilines is 2. The second kappa shape index (κ2) is 11.4. The zero-order valence-electron chi connectivity index (χ0n) is 21.2. The molecule has 4 rings (SSSR count). The third-order valence-corrected chi connectivity index (χ3v) is 7.47. The normalized spacial score (nSPS) is 11.9. The van der Waals surface area contributed by atoms with E-state index >= 15 is 0 Å². The molecular weight excluding hydrogens is 520 g/mol. The summed E-state index contributed by atoms with van der Waals surface area (Å²) < 4.78 is 0. The Labute approximate surface area is 228 Å². The number of benzene rings is 2. The molecular formula is C28H26N4O4S2. The van der Waals surface area contributed by atoms with Crippen molar-refractivity contribution in [3.63, 3.8) is 0 Å². The largest absolute Gasteiger partial charge is 0.478 e. The number of aliphatic carboxylic acids is 2. The van der Waals surface area contributed by atoms with Crippen LogP contribution < -0.4 is 9.80 Å². The summed E-state index contributed by atoms with van der Waals surface area (Å²) >= 11 is 2.52. The molecule has 0 atom stereocenters. The van der Waals surface area contributed by atoms with Crippen LogP contribution in [-0.2, 0) is 9.59 Å². The van der Waals surface area contributed by atoms with Crippen molar-refractivity contribution in [2.24, 2.45) is 0 Å². The Morgan fingerprint density at radius 1 is 0.658 bits per heavy atom. The van der Waals surface area contributed by atoms with Crippen molar-refractivity contribution in [3.8, 4) is 10.0 Å². The molecule has 0 spiro atoms. The van der Waals surface area contributed by atoms with Crippen LogP contribution in [0.25, 0.3) is 33.3 Å². The lowest BCUT2D eigenvalue weighted by Crippen LogP contribution is -2.08. The number of carboxylic acid groups (broad SMARTS) is 2. The van der Waals surface area contributed by atoms with Gasteiger partial charge in [-0.3, -0.25) is 0 Å². The van der Waals surface area contributed by atoms with E-state index in [2.05, 4.69) is 9.97 Å². The minimum absolute atomic E-state index is 0.0641. The fraction of sp³-hybridized carbons (Fsp3) is 0.143. The van der Waals surface area contributed by atoms with Crippen LogP contribution in [-0.4, -0.2) is 60.3 Å². The van der Waals surface area contributed by atoms with Gasteiger partial charge in [-0.05, 0) is 47.5 Å². The number of carbonyl (C=O) groups is 2. The summed E-state index contributed by atoms with van der Waals surface area (Å²) in [5, 5.41) is 24.1. The van der Waals surface area contributed by atoms with Crippen LogP contribution in [0.3, 0.4) is 0 Å². The molecule has 2 aromatic carbocycles. The molecule has 4 aromatic rings. The van der Waals surface area contributed by atoms with Gasteiger partial charge in [0.15, 0.2) is 10.0 Å². The number of aromatic nitrogens is 2. The van der Waals surface area contributed by atoms with Crippen molar-refractivity contribution in [1.82, 2.24) is 9.97 Å². The van der Waals surface area contributed by atoms with Crippen molar-refractivity contribution in [2.45, 2.75) is 0 Å². The fourth-order valence-corrected chi connectivity index (χ4v) is 5.24. The molecule has 38 heavy (non-hydrogen) atoms. The SMILES string of the molecule is CN(C)c1ccc(C=C(C(=O)O)c2csc(-c3nc(C(=Cc4ccc(N(C)C)cc4)C(=O)O)cs3)n2)cc1. The lowest BCUT2D eigenvalue weighted by molar-refractivity contribution is -0.131. The van der Waals surface area contributed by atoms with Crippen LogP contribution in [0.15, 0.2) is 59.3 Å². The predicted molar refractivity (Wildman–Crippen MR) is 156 cm³/mol. The number of rotatable bonds is 9. The Hall–Kier alpha value is -4.28. The summed E-state index contributed by atoms with van der Waals surface area (Å²) in [4.78, 5) is 37.0. The first kappa shape index (κ1) is 26.8. The summed E-state index contributed by atoms with van der Waals surface area (Å²) in [5.41, 5.74) is 4.28. The monoisotopic (exact) mass is 546 g/mol. The fourth-order valence-electron chi connectivity index (χ4n) is 3.55. The topological polar surface area (TPSA) is 107 Å². The van der Waals surface area contributed by atoms with E-state index in [1.807, 2.05) is 86.5 Å². The van der Waals surface area contributed by atoms with Crippen molar-refractivity contribution >= 4 is 69.3 Å². The summed E-state index contributed by atoms with van der Waals surface area (Å²) in [6.45, 7) is 0. The standard InChI is InChI=1S/C28H26N4O4S2/c1-31(2)19-9-5-17(6-10-19)13-21(27(33)34)23-15-37-25(29-23)26-30-24(16-38-26)22(28(35)36)14-18-7-11-20(12-8-18)32(3)4/h5-16H,1-4H3,(H,33,34)(H,35,36). The molecule has 194 valence electrons. The Bertz CT molecular complexity index is 1400. The molecule has 0 aliphatic rings. The van der Waals surface area contributed by atoms with Crippen LogP contribution in [0.1, 0.15) is 22.5 Å². The highest BCUT2D eigenvalue weighted by Gasteiger charge is 2.19. The van der Waals surface area contributed by atoms with E-state index in [9.17, 15) is 19.8 Å². The minimum atomic E-state index is -1.09. The second-order valence-corrected chi connectivity index (χ2v) is 10.5. The van der Waals surface area contributed by atoms with E-state index < -0.39 is 11.9 Å². The van der Waals surface area contributed by atoms with Crippen molar-refractivity contribution < 1.29 is 19.8 Å². The quantitative estimate of drug-likeness (QED) is 0.260. The first-order valence-electron chi connectivity index (χ1n) is 11.5. The van der Waals surface area contributed by atoms with E-state index in [-0.39, 0.29) is 11.1 Å². The van der Waals surface area contributed by atoms with Gasteiger partial charge >= 0.3 is 11.9 Å². The highest BCUT2D eigenvalue weighted by molar-refractivity contribution is 7.19. The maximum atomic E-state index is 12.0. The third-order valence-electron chi connectivity index (χ3n) is 5.65. The lowest BCUT2D eigenvalue weighted by atomic mass is 10.1.